The number of hydrogen-bond donors (Lipinski definition) is 1. The first-order valence-corrected chi connectivity index (χ1v) is 9.37. The third-order valence-electron chi connectivity index (χ3n) is 6.68. The van der Waals surface area contributed by atoms with E-state index in [1.165, 1.54) is 24.8 Å². The smallest absolute Gasteiger partial charge is 0.225 e. The van der Waals surface area contributed by atoms with Crippen LogP contribution in [0.3, 0.4) is 0 Å². The van der Waals surface area contributed by atoms with E-state index in [0.29, 0.717) is 24.2 Å². The summed E-state index contributed by atoms with van der Waals surface area (Å²) in [6.45, 7) is 3.64. The third kappa shape index (κ3) is 2.48. The molecular formula is C20H25N3O2. The fraction of sp³-hybridized carbons (Fsp3) is 0.600. The largest absolute Gasteiger partial charge is 0.390 e. The first-order valence-electron chi connectivity index (χ1n) is 9.37. The van der Waals surface area contributed by atoms with Crippen LogP contribution >= 0.6 is 0 Å². The van der Waals surface area contributed by atoms with Gasteiger partial charge in [0.15, 0.2) is 0 Å². The highest BCUT2D eigenvalue weighted by molar-refractivity contribution is 5.81. The highest BCUT2D eigenvalue weighted by Gasteiger charge is 2.53. The SMILES string of the molecule is CC1(O)CC(C(=O)N2CC3(CC[C@@H](c4ccn5ccnc5c4)C3)C2)C1. The number of carbonyl (C=O) groups excluding carboxylic acids is 1. The topological polar surface area (TPSA) is 57.8 Å². The van der Waals surface area contributed by atoms with Gasteiger partial charge in [-0.3, -0.25) is 4.79 Å². The van der Waals surface area contributed by atoms with Crippen LogP contribution in [-0.2, 0) is 4.79 Å². The highest BCUT2D eigenvalue weighted by atomic mass is 16.3. The van der Waals surface area contributed by atoms with E-state index in [1.54, 1.807) is 0 Å². The Hall–Kier alpha value is -1.88. The molecule has 132 valence electrons. The normalized spacial score (nSPS) is 33.4. The Morgan fingerprint density at radius 2 is 2.08 bits per heavy atom. The maximum atomic E-state index is 12.5. The average molecular weight is 339 g/mol. The van der Waals surface area contributed by atoms with Crippen LogP contribution in [0.2, 0.25) is 0 Å². The molecule has 5 rings (SSSR count). The summed E-state index contributed by atoms with van der Waals surface area (Å²) in [6.07, 6.45) is 10.8. The second kappa shape index (κ2) is 5.07. The Morgan fingerprint density at radius 3 is 2.84 bits per heavy atom. The number of hydrogen-bond acceptors (Lipinski definition) is 3. The number of aromatic nitrogens is 2. The van der Waals surface area contributed by atoms with Crippen molar-refractivity contribution in [2.75, 3.05) is 13.1 Å². The number of rotatable bonds is 2. The van der Waals surface area contributed by atoms with Crippen molar-refractivity contribution in [1.29, 1.82) is 0 Å². The number of aliphatic hydroxyl groups is 1. The van der Waals surface area contributed by atoms with Crippen molar-refractivity contribution < 1.29 is 9.90 Å². The molecule has 3 fully saturated rings. The van der Waals surface area contributed by atoms with Crippen LogP contribution in [0.25, 0.3) is 5.65 Å². The lowest BCUT2D eigenvalue weighted by Gasteiger charge is -2.52. The van der Waals surface area contributed by atoms with Gasteiger partial charge in [0, 0.05) is 43.0 Å². The van der Waals surface area contributed by atoms with Crippen LogP contribution in [0.1, 0.15) is 50.5 Å². The molecule has 2 saturated carbocycles. The van der Waals surface area contributed by atoms with E-state index in [0.717, 1.165) is 18.7 Å². The molecule has 1 amide bonds. The molecule has 5 nitrogen and oxygen atoms in total. The minimum atomic E-state index is -0.618. The summed E-state index contributed by atoms with van der Waals surface area (Å²) in [5, 5.41) is 9.85. The number of likely N-dealkylation sites (tertiary alicyclic amines) is 1. The fourth-order valence-corrected chi connectivity index (χ4v) is 5.31. The van der Waals surface area contributed by atoms with Crippen molar-refractivity contribution in [2.24, 2.45) is 11.3 Å². The molecule has 2 aliphatic carbocycles. The second-order valence-corrected chi connectivity index (χ2v) is 8.89. The van der Waals surface area contributed by atoms with Crippen LogP contribution in [0.5, 0.6) is 0 Å². The maximum Gasteiger partial charge on any atom is 0.225 e. The third-order valence-corrected chi connectivity index (χ3v) is 6.68. The molecule has 1 saturated heterocycles. The first-order chi connectivity index (χ1) is 11.9. The Bertz CT molecular complexity index is 826. The van der Waals surface area contributed by atoms with E-state index in [2.05, 4.69) is 23.3 Å². The van der Waals surface area contributed by atoms with Gasteiger partial charge in [-0.05, 0) is 62.6 Å². The molecule has 2 aromatic heterocycles. The van der Waals surface area contributed by atoms with E-state index in [4.69, 9.17) is 0 Å². The zero-order valence-electron chi connectivity index (χ0n) is 14.7. The van der Waals surface area contributed by atoms with E-state index in [1.807, 2.05) is 28.6 Å². The lowest BCUT2D eigenvalue weighted by atomic mass is 9.69. The second-order valence-electron chi connectivity index (χ2n) is 8.89. The molecule has 5 heteroatoms. The molecule has 0 unspecified atom stereocenters. The summed E-state index contributed by atoms with van der Waals surface area (Å²) in [7, 11) is 0. The van der Waals surface area contributed by atoms with E-state index in [9.17, 15) is 9.90 Å². The van der Waals surface area contributed by atoms with Crippen LogP contribution < -0.4 is 0 Å². The van der Waals surface area contributed by atoms with Crippen molar-refractivity contribution >= 4 is 11.6 Å². The van der Waals surface area contributed by atoms with E-state index in [-0.39, 0.29) is 11.8 Å². The number of fused-ring (bicyclic) bond motifs is 1. The van der Waals surface area contributed by atoms with Gasteiger partial charge < -0.3 is 14.4 Å². The highest BCUT2D eigenvalue weighted by Crippen LogP contribution is 2.52. The van der Waals surface area contributed by atoms with Gasteiger partial charge in [0.2, 0.25) is 5.91 Å². The van der Waals surface area contributed by atoms with Crippen molar-refractivity contribution in [3.8, 4) is 0 Å². The van der Waals surface area contributed by atoms with Crippen molar-refractivity contribution in [3.63, 3.8) is 0 Å². The molecule has 25 heavy (non-hydrogen) atoms. The summed E-state index contributed by atoms with van der Waals surface area (Å²) < 4.78 is 2.05. The van der Waals surface area contributed by atoms with E-state index >= 15 is 0 Å². The van der Waals surface area contributed by atoms with E-state index < -0.39 is 5.60 Å². The molecule has 1 aliphatic heterocycles. The number of imidazole rings is 1. The predicted octanol–water partition coefficient (Wildman–Crippen LogP) is 2.59. The van der Waals surface area contributed by atoms with Crippen LogP contribution in [0, 0.1) is 11.3 Å². The molecule has 1 atom stereocenters. The Labute approximate surface area is 147 Å². The van der Waals surface area contributed by atoms with Gasteiger partial charge in [-0.1, -0.05) is 0 Å². The molecule has 0 radical (unpaired) electrons. The van der Waals surface area contributed by atoms with Gasteiger partial charge in [-0.2, -0.15) is 0 Å². The Kier molecular flexibility index (Phi) is 3.12. The minimum Gasteiger partial charge on any atom is -0.390 e. The number of pyridine rings is 1. The number of amides is 1. The van der Waals surface area contributed by atoms with Gasteiger partial charge in [-0.25, -0.2) is 4.98 Å². The molecule has 3 heterocycles. The number of nitrogens with zero attached hydrogens (tertiary/aromatic N) is 3. The average Bonchev–Trinajstić information content (AvgIpc) is 3.16. The quantitative estimate of drug-likeness (QED) is 0.915. The van der Waals surface area contributed by atoms with Gasteiger partial charge in [0.25, 0.3) is 0 Å². The predicted molar refractivity (Wildman–Crippen MR) is 94.1 cm³/mol. The monoisotopic (exact) mass is 339 g/mol. The summed E-state index contributed by atoms with van der Waals surface area (Å²) in [6, 6.07) is 4.43. The van der Waals surface area contributed by atoms with Crippen LogP contribution in [-0.4, -0.2) is 44.0 Å². The minimum absolute atomic E-state index is 0.0485. The lowest BCUT2D eigenvalue weighted by molar-refractivity contribution is -0.161. The zero-order valence-corrected chi connectivity index (χ0v) is 14.7. The van der Waals surface area contributed by atoms with Crippen LogP contribution in [0.15, 0.2) is 30.7 Å². The Balaban J connectivity index is 1.22. The van der Waals surface area contributed by atoms with Crippen molar-refractivity contribution in [2.45, 2.75) is 50.5 Å². The molecule has 0 aromatic carbocycles. The van der Waals surface area contributed by atoms with Crippen LogP contribution in [0.4, 0.5) is 0 Å². The summed E-state index contributed by atoms with van der Waals surface area (Å²) in [5.41, 5.74) is 2.11. The first kappa shape index (κ1) is 15.4. The molecule has 0 bridgehead atoms. The summed E-state index contributed by atoms with van der Waals surface area (Å²) >= 11 is 0. The molecule has 3 aliphatic rings. The molecule has 2 aromatic rings. The molecule has 1 spiro atoms. The Morgan fingerprint density at radius 1 is 1.28 bits per heavy atom. The van der Waals surface area contributed by atoms with Crippen molar-refractivity contribution in [1.82, 2.24) is 14.3 Å². The van der Waals surface area contributed by atoms with Gasteiger partial charge in [0.05, 0.1) is 5.60 Å². The number of carbonyl (C=O) groups is 1. The lowest BCUT2D eigenvalue weighted by Crippen LogP contribution is -2.61. The summed E-state index contributed by atoms with van der Waals surface area (Å²) in [5.74, 6) is 0.898. The van der Waals surface area contributed by atoms with Gasteiger partial charge in [0.1, 0.15) is 5.65 Å². The van der Waals surface area contributed by atoms with Gasteiger partial charge in [-0.15, -0.1) is 0 Å². The standard InChI is InChI=1S/C20H25N3O2/c1-19(25)9-16(10-19)18(24)23-12-20(13-23)4-2-15(11-20)14-3-6-22-7-5-21-17(22)8-14/h3,5-8,15-16,25H,2,4,9-13H2,1H3/t15-,16?,19?/m1/s1. The fourth-order valence-electron chi connectivity index (χ4n) is 5.31. The van der Waals surface area contributed by atoms with Gasteiger partial charge >= 0.3 is 0 Å². The maximum absolute atomic E-state index is 12.5. The summed E-state index contributed by atoms with van der Waals surface area (Å²) in [4.78, 5) is 18.9. The zero-order chi connectivity index (χ0) is 17.2. The van der Waals surface area contributed by atoms with Crippen molar-refractivity contribution in [3.05, 3.63) is 36.3 Å². The molecule has 1 N–H and O–H groups in total. The molecular weight excluding hydrogens is 314 g/mol.